The molecule has 3 aromatic rings. The molecule has 1 fully saturated rings. The Hall–Kier alpha value is -4.75. The minimum Gasteiger partial charge on any atom is -0.379 e. The molecule has 1 aliphatic rings. The molecule has 0 aromatic heterocycles. The van der Waals surface area contributed by atoms with Crippen LogP contribution in [0.1, 0.15) is 60.2 Å². The SMILES string of the molecule is CCOCCOCCOCCNC(=O)c1ccc(CCC(=O)CC[C@H]2CN(Cc3ccc(Cl)c(C)c3)CCO2)cc1.CCOCCOCCOCCOCCOCCOCCNc1ccc([N+](=O)[O-])cc1[N+](=O)[O-]. The minimum atomic E-state index is -0.679. The molecule has 1 heterocycles. The van der Waals surface area contributed by atoms with Gasteiger partial charge < -0.3 is 58.0 Å². The zero-order chi connectivity index (χ0) is 53.4. The number of benzene rings is 3. The van der Waals surface area contributed by atoms with Gasteiger partial charge in [0.1, 0.15) is 11.5 Å². The molecule has 0 saturated carbocycles. The van der Waals surface area contributed by atoms with Crippen molar-refractivity contribution in [1.82, 2.24) is 10.2 Å². The number of rotatable bonds is 41. The molecule has 1 atom stereocenters. The van der Waals surface area contributed by atoms with Gasteiger partial charge in [0, 0.05) is 75.4 Å². The van der Waals surface area contributed by atoms with Gasteiger partial charge in [-0.2, -0.15) is 0 Å². The maximum Gasteiger partial charge on any atom is 0.299 e. The zero-order valence-corrected chi connectivity index (χ0v) is 44.2. The van der Waals surface area contributed by atoms with Gasteiger partial charge >= 0.3 is 0 Å². The summed E-state index contributed by atoms with van der Waals surface area (Å²) in [5.41, 5.74) is 3.46. The Kier molecular flexibility index (Phi) is 34.8. The highest BCUT2D eigenvalue weighted by molar-refractivity contribution is 6.31. The fraction of sp³-hybridized carbons (Fsp3) is 0.615. The number of anilines is 1. The standard InChI is InChI=1S/C32H45ClN2O6.C20H33N3O10/c1-3-38-18-19-40-21-20-39-16-14-34-32(37)28-8-4-26(5-9-28)6-10-29(36)11-12-30-24-35(15-17-41-30)23-27-7-13-31(33)25(2)22-27;1-2-28-7-8-30-11-12-32-15-16-33-14-13-31-10-9-29-6-5-21-19-4-3-18(22(24)25)17-20(19)23(26)27/h4-5,7-9,13,22,30H,3,6,10-12,14-21,23-24H2,1-2H3,(H,34,37);3-4,17,21H,2,5-16H2,1H3/t30-;/m0./s1. The van der Waals surface area contributed by atoms with E-state index in [2.05, 4.69) is 27.7 Å². The number of ketones is 1. The third-order valence-electron chi connectivity index (χ3n) is 11.0. The van der Waals surface area contributed by atoms with E-state index in [-0.39, 0.29) is 34.9 Å². The van der Waals surface area contributed by atoms with Crippen LogP contribution in [0.25, 0.3) is 0 Å². The second kappa shape index (κ2) is 40.5. The zero-order valence-electron chi connectivity index (χ0n) is 43.4. The number of nitrogens with zero attached hydrogens (tertiary/aromatic N) is 3. The summed E-state index contributed by atoms with van der Waals surface area (Å²) >= 11 is 6.16. The number of hydrogen-bond acceptors (Lipinski definition) is 18. The first-order valence-electron chi connectivity index (χ1n) is 25.3. The van der Waals surface area contributed by atoms with Crippen molar-refractivity contribution in [2.75, 3.05) is 157 Å². The van der Waals surface area contributed by atoms with Gasteiger partial charge in [-0.3, -0.25) is 34.7 Å². The van der Waals surface area contributed by atoms with Gasteiger partial charge in [0.15, 0.2) is 0 Å². The number of morpholine rings is 1. The summed E-state index contributed by atoms with van der Waals surface area (Å²) in [5.74, 6) is 0.0949. The normalized spacial score (nSPS) is 13.5. The van der Waals surface area contributed by atoms with Crippen LogP contribution in [-0.4, -0.2) is 184 Å². The predicted octanol–water partition coefficient (Wildman–Crippen LogP) is 6.67. The van der Waals surface area contributed by atoms with Crippen molar-refractivity contribution in [3.05, 3.63) is 108 Å². The van der Waals surface area contributed by atoms with Crippen LogP contribution in [0.3, 0.4) is 0 Å². The lowest BCUT2D eigenvalue weighted by atomic mass is 10.0. The molecule has 0 unspecified atom stereocenters. The molecule has 1 aliphatic heterocycles. The van der Waals surface area contributed by atoms with Crippen molar-refractivity contribution in [3.8, 4) is 0 Å². The Morgan fingerprint density at radius 1 is 0.662 bits per heavy atom. The Balaban J connectivity index is 0.000000401. The summed E-state index contributed by atoms with van der Waals surface area (Å²) in [6, 6.07) is 17.0. The average molecular weight is 1060 g/mol. The number of carbonyl (C=O) groups is 2. The first-order valence-corrected chi connectivity index (χ1v) is 25.7. The maximum atomic E-state index is 12.6. The number of nitro benzene ring substituents is 2. The number of ether oxygens (including phenoxy) is 10. The van der Waals surface area contributed by atoms with Crippen molar-refractivity contribution in [1.29, 1.82) is 0 Å². The van der Waals surface area contributed by atoms with E-state index in [0.717, 1.165) is 48.3 Å². The number of carbonyl (C=O) groups excluding carboxylic acids is 2. The number of nitrogens with one attached hydrogen (secondary N) is 2. The summed E-state index contributed by atoms with van der Waals surface area (Å²) < 4.78 is 54.0. The molecule has 0 spiro atoms. The van der Waals surface area contributed by atoms with Crippen LogP contribution in [0.15, 0.2) is 60.7 Å². The van der Waals surface area contributed by atoms with Gasteiger partial charge in [-0.1, -0.05) is 35.9 Å². The Morgan fingerprint density at radius 3 is 1.72 bits per heavy atom. The van der Waals surface area contributed by atoms with Crippen LogP contribution in [0, 0.1) is 27.2 Å². The van der Waals surface area contributed by atoms with Crippen LogP contribution in [0.4, 0.5) is 17.1 Å². The molecule has 0 aliphatic carbocycles. The summed E-state index contributed by atoms with van der Waals surface area (Å²) in [6.45, 7) is 18.9. The van der Waals surface area contributed by atoms with Gasteiger partial charge in [-0.15, -0.1) is 0 Å². The first kappa shape index (κ1) is 63.5. The molecule has 21 nitrogen and oxygen atoms in total. The van der Waals surface area contributed by atoms with E-state index in [4.69, 9.17) is 59.0 Å². The summed E-state index contributed by atoms with van der Waals surface area (Å²) in [7, 11) is 0. The summed E-state index contributed by atoms with van der Waals surface area (Å²) in [5, 5.41) is 28.3. The lowest BCUT2D eigenvalue weighted by Crippen LogP contribution is -2.42. The van der Waals surface area contributed by atoms with E-state index < -0.39 is 9.85 Å². The Morgan fingerprint density at radius 2 is 1.19 bits per heavy atom. The van der Waals surface area contributed by atoms with Crippen LogP contribution in [0.5, 0.6) is 0 Å². The fourth-order valence-electron chi connectivity index (χ4n) is 7.07. The molecule has 3 aromatic carbocycles. The highest BCUT2D eigenvalue weighted by atomic mass is 35.5. The van der Waals surface area contributed by atoms with Gasteiger partial charge in [0.2, 0.25) is 0 Å². The first-order chi connectivity index (χ1) is 36.0. The van der Waals surface area contributed by atoms with Crippen LogP contribution < -0.4 is 10.6 Å². The molecule has 22 heteroatoms. The van der Waals surface area contributed by atoms with Crippen LogP contribution in [-0.2, 0) is 65.1 Å². The minimum absolute atomic E-state index is 0.0725. The van der Waals surface area contributed by atoms with E-state index >= 15 is 0 Å². The van der Waals surface area contributed by atoms with Gasteiger partial charge in [-0.05, 0) is 74.6 Å². The number of Topliss-reactive ketones (excluding diaryl/α,β-unsaturated/α-hetero) is 1. The second-order valence-electron chi connectivity index (χ2n) is 16.7. The molecule has 2 N–H and O–H groups in total. The number of aryl methyl sites for hydroxylation is 2. The Bertz CT molecular complexity index is 2020. The quantitative estimate of drug-likeness (QED) is 0.0343. The third kappa shape index (κ3) is 29.4. The average Bonchev–Trinajstić information content (AvgIpc) is 3.40. The molecule has 0 radical (unpaired) electrons. The van der Waals surface area contributed by atoms with Gasteiger partial charge in [0.05, 0.1) is 134 Å². The fourth-order valence-corrected chi connectivity index (χ4v) is 7.19. The molecular formula is C52H78ClN5O16. The van der Waals surface area contributed by atoms with Crippen LogP contribution in [0.2, 0.25) is 5.02 Å². The van der Waals surface area contributed by atoms with Crippen molar-refractivity contribution in [3.63, 3.8) is 0 Å². The molecule has 414 valence electrons. The lowest BCUT2D eigenvalue weighted by molar-refractivity contribution is -0.393. The van der Waals surface area contributed by atoms with Gasteiger partial charge in [0.25, 0.3) is 17.3 Å². The molecule has 1 saturated heterocycles. The second-order valence-corrected chi connectivity index (χ2v) is 17.1. The topological polar surface area (TPSA) is 240 Å². The molecule has 74 heavy (non-hydrogen) atoms. The Labute approximate surface area is 440 Å². The third-order valence-corrected chi connectivity index (χ3v) is 11.4. The van der Waals surface area contributed by atoms with E-state index in [1.165, 1.54) is 17.7 Å². The van der Waals surface area contributed by atoms with Gasteiger partial charge in [-0.25, -0.2) is 0 Å². The highest BCUT2D eigenvalue weighted by Gasteiger charge is 2.22. The van der Waals surface area contributed by atoms with Crippen molar-refractivity contribution < 1.29 is 66.8 Å². The molecule has 4 rings (SSSR count). The van der Waals surface area contributed by atoms with E-state index in [9.17, 15) is 29.8 Å². The van der Waals surface area contributed by atoms with E-state index in [1.54, 1.807) is 12.1 Å². The highest BCUT2D eigenvalue weighted by Crippen LogP contribution is 2.28. The van der Waals surface area contributed by atoms with Crippen molar-refractivity contribution >= 4 is 40.4 Å². The summed E-state index contributed by atoms with van der Waals surface area (Å²) in [6.07, 6.45) is 2.47. The summed E-state index contributed by atoms with van der Waals surface area (Å²) in [4.78, 5) is 47.8. The van der Waals surface area contributed by atoms with E-state index in [0.29, 0.717) is 163 Å². The monoisotopic (exact) mass is 1060 g/mol. The maximum absolute atomic E-state index is 12.6. The van der Waals surface area contributed by atoms with Crippen LogP contribution >= 0.6 is 11.6 Å². The number of hydrogen-bond donors (Lipinski definition) is 2. The molecule has 0 bridgehead atoms. The lowest BCUT2D eigenvalue weighted by Gasteiger charge is -2.33. The number of non-ortho nitro benzene ring substituents is 1. The van der Waals surface area contributed by atoms with Crippen molar-refractivity contribution in [2.45, 2.75) is 59.1 Å². The number of amides is 1. The van der Waals surface area contributed by atoms with Crippen molar-refractivity contribution in [2.24, 2.45) is 0 Å². The molecule has 1 amide bonds. The predicted molar refractivity (Wildman–Crippen MR) is 280 cm³/mol. The number of nitro groups is 2. The van der Waals surface area contributed by atoms with E-state index in [1.807, 2.05) is 39.0 Å². The largest absolute Gasteiger partial charge is 0.379 e. The molecular weight excluding hydrogens is 986 g/mol. The number of halogens is 1. The smallest absolute Gasteiger partial charge is 0.299 e.